The number of nitrogens with one attached hydrogen (secondary N) is 1. The average molecular weight is 382 g/mol. The van der Waals surface area contributed by atoms with Crippen LogP contribution >= 0.6 is 11.3 Å². The molecule has 1 aliphatic rings. The van der Waals surface area contributed by atoms with Crippen molar-refractivity contribution in [3.8, 4) is 6.07 Å². The van der Waals surface area contributed by atoms with Crippen molar-refractivity contribution < 1.29 is 14.3 Å². The smallest absolute Gasteiger partial charge is 0.338 e. The molecule has 0 saturated carbocycles. The number of carbonyl (C=O) groups is 2. The third-order valence-electron chi connectivity index (χ3n) is 4.95. The van der Waals surface area contributed by atoms with E-state index in [2.05, 4.69) is 18.3 Å². The van der Waals surface area contributed by atoms with Crippen molar-refractivity contribution in [2.24, 2.45) is 5.92 Å². The summed E-state index contributed by atoms with van der Waals surface area (Å²) < 4.78 is 5.12. The zero-order valence-corrected chi connectivity index (χ0v) is 16.5. The number of benzene rings is 1. The van der Waals surface area contributed by atoms with Crippen molar-refractivity contribution in [1.82, 2.24) is 0 Å². The lowest BCUT2D eigenvalue weighted by Crippen LogP contribution is -2.21. The minimum Gasteiger partial charge on any atom is -0.452 e. The van der Waals surface area contributed by atoms with Gasteiger partial charge in [0.1, 0.15) is 11.1 Å². The molecule has 0 aliphatic heterocycles. The number of nitrogens with zero attached hydrogens (tertiary/aromatic N) is 1. The molecule has 0 radical (unpaired) electrons. The van der Waals surface area contributed by atoms with E-state index < -0.39 is 11.9 Å². The minimum atomic E-state index is -0.534. The van der Waals surface area contributed by atoms with E-state index >= 15 is 0 Å². The van der Waals surface area contributed by atoms with Crippen LogP contribution in [0.15, 0.2) is 18.2 Å². The standard InChI is InChI=1S/C21H22N2O3S/c1-12-4-7-16-17(10-22)20(27-18(16)8-12)23-19(24)11-26-21(25)15-6-5-13(2)14(3)9-15/h5-6,9,12H,4,7-8,11H2,1-3H3,(H,23,24)/t12-/m1/s1. The molecule has 1 aromatic heterocycles. The Morgan fingerprint density at radius 1 is 1.33 bits per heavy atom. The molecule has 0 fully saturated rings. The van der Waals surface area contributed by atoms with Gasteiger partial charge in [-0.05, 0) is 67.9 Å². The van der Waals surface area contributed by atoms with Crippen LogP contribution in [0.2, 0.25) is 0 Å². The molecule has 1 heterocycles. The second kappa shape index (κ2) is 7.93. The normalized spacial score (nSPS) is 15.6. The van der Waals surface area contributed by atoms with E-state index in [1.165, 1.54) is 16.2 Å². The molecule has 1 atom stereocenters. The summed E-state index contributed by atoms with van der Waals surface area (Å²) in [5, 5.41) is 12.8. The molecular weight excluding hydrogens is 360 g/mol. The summed E-state index contributed by atoms with van der Waals surface area (Å²) in [6, 6.07) is 7.50. The van der Waals surface area contributed by atoms with Gasteiger partial charge in [-0.25, -0.2) is 4.79 Å². The van der Waals surface area contributed by atoms with Crippen molar-refractivity contribution in [3.05, 3.63) is 50.9 Å². The number of anilines is 1. The van der Waals surface area contributed by atoms with E-state index in [9.17, 15) is 14.9 Å². The van der Waals surface area contributed by atoms with Crippen LogP contribution in [-0.4, -0.2) is 18.5 Å². The lowest BCUT2D eigenvalue weighted by atomic mass is 9.89. The van der Waals surface area contributed by atoms with E-state index in [0.717, 1.165) is 36.0 Å². The fourth-order valence-electron chi connectivity index (χ4n) is 3.20. The summed E-state index contributed by atoms with van der Waals surface area (Å²) in [4.78, 5) is 25.5. The van der Waals surface area contributed by atoms with Crippen molar-refractivity contribution in [2.75, 3.05) is 11.9 Å². The highest BCUT2D eigenvalue weighted by Crippen LogP contribution is 2.39. The predicted molar refractivity (Wildman–Crippen MR) is 105 cm³/mol. The molecule has 1 amide bonds. The van der Waals surface area contributed by atoms with Gasteiger partial charge in [-0.2, -0.15) is 5.26 Å². The summed E-state index contributed by atoms with van der Waals surface area (Å²) in [7, 11) is 0. The topological polar surface area (TPSA) is 79.2 Å². The van der Waals surface area contributed by atoms with Crippen LogP contribution in [-0.2, 0) is 22.4 Å². The van der Waals surface area contributed by atoms with Crippen molar-refractivity contribution in [1.29, 1.82) is 5.26 Å². The first-order valence-electron chi connectivity index (χ1n) is 8.98. The summed E-state index contributed by atoms with van der Waals surface area (Å²) in [6.45, 7) is 5.70. The molecule has 0 spiro atoms. The number of fused-ring (bicyclic) bond motifs is 1. The van der Waals surface area contributed by atoms with Gasteiger partial charge in [0.15, 0.2) is 6.61 Å². The van der Waals surface area contributed by atoms with Crippen LogP contribution in [0.3, 0.4) is 0 Å². The van der Waals surface area contributed by atoms with Crippen LogP contribution in [0.4, 0.5) is 5.00 Å². The van der Waals surface area contributed by atoms with Gasteiger partial charge in [0.05, 0.1) is 11.1 Å². The number of rotatable bonds is 4. The van der Waals surface area contributed by atoms with Crippen molar-refractivity contribution in [3.63, 3.8) is 0 Å². The molecule has 3 rings (SSSR count). The maximum Gasteiger partial charge on any atom is 0.338 e. The Morgan fingerprint density at radius 3 is 2.81 bits per heavy atom. The molecule has 0 bridgehead atoms. The maximum absolute atomic E-state index is 12.2. The van der Waals surface area contributed by atoms with Gasteiger partial charge >= 0.3 is 5.97 Å². The number of amides is 1. The van der Waals surface area contributed by atoms with E-state index in [4.69, 9.17) is 4.74 Å². The van der Waals surface area contributed by atoms with Crippen LogP contribution < -0.4 is 5.32 Å². The molecular formula is C21H22N2O3S. The predicted octanol–water partition coefficient (Wildman–Crippen LogP) is 4.16. The monoisotopic (exact) mass is 382 g/mol. The molecule has 1 N–H and O–H groups in total. The highest BCUT2D eigenvalue weighted by molar-refractivity contribution is 7.16. The summed E-state index contributed by atoms with van der Waals surface area (Å²) in [5.41, 5.74) is 4.11. The molecule has 5 nitrogen and oxygen atoms in total. The highest BCUT2D eigenvalue weighted by atomic mass is 32.1. The Kier molecular flexibility index (Phi) is 5.62. The molecule has 140 valence electrons. The summed E-state index contributed by atoms with van der Waals surface area (Å²) in [6.07, 6.45) is 2.86. The number of aryl methyl sites for hydroxylation is 2. The Labute approximate surface area is 163 Å². The van der Waals surface area contributed by atoms with Crippen molar-refractivity contribution in [2.45, 2.75) is 40.0 Å². The fourth-order valence-corrected chi connectivity index (χ4v) is 4.58. The van der Waals surface area contributed by atoms with Gasteiger partial charge in [0.25, 0.3) is 5.91 Å². The lowest BCUT2D eigenvalue weighted by Gasteiger charge is -2.17. The molecule has 1 aromatic carbocycles. The molecule has 27 heavy (non-hydrogen) atoms. The fraction of sp³-hybridized carbons (Fsp3) is 0.381. The Hall–Kier alpha value is -2.65. The van der Waals surface area contributed by atoms with Gasteiger partial charge in [-0.3, -0.25) is 4.79 Å². The minimum absolute atomic E-state index is 0.379. The number of hydrogen-bond acceptors (Lipinski definition) is 5. The number of esters is 1. The third kappa shape index (κ3) is 4.20. The SMILES string of the molecule is Cc1ccc(C(=O)OCC(=O)Nc2sc3c(c2C#N)CC[C@@H](C)C3)cc1C. The van der Waals surface area contributed by atoms with Crippen LogP contribution in [0, 0.1) is 31.1 Å². The largest absolute Gasteiger partial charge is 0.452 e. The Balaban J connectivity index is 1.64. The second-order valence-corrected chi connectivity index (χ2v) is 8.20. The zero-order chi connectivity index (χ0) is 19.6. The van der Waals surface area contributed by atoms with E-state index in [0.29, 0.717) is 22.0 Å². The molecule has 0 saturated heterocycles. The van der Waals surface area contributed by atoms with Gasteiger partial charge in [0.2, 0.25) is 0 Å². The van der Waals surface area contributed by atoms with Gasteiger partial charge < -0.3 is 10.1 Å². The molecule has 2 aromatic rings. The Morgan fingerprint density at radius 2 is 2.11 bits per heavy atom. The highest BCUT2D eigenvalue weighted by Gasteiger charge is 2.24. The number of nitriles is 1. The van der Waals surface area contributed by atoms with Gasteiger partial charge in [0, 0.05) is 4.88 Å². The summed E-state index contributed by atoms with van der Waals surface area (Å²) >= 11 is 1.46. The van der Waals surface area contributed by atoms with Crippen LogP contribution in [0.5, 0.6) is 0 Å². The number of thiophene rings is 1. The molecule has 6 heteroatoms. The summed E-state index contributed by atoms with van der Waals surface area (Å²) in [5.74, 6) is -0.381. The third-order valence-corrected chi connectivity index (χ3v) is 6.12. The number of carbonyl (C=O) groups excluding carboxylic acids is 2. The van der Waals surface area contributed by atoms with Crippen LogP contribution in [0.1, 0.15) is 50.8 Å². The lowest BCUT2D eigenvalue weighted by molar-refractivity contribution is -0.119. The second-order valence-electron chi connectivity index (χ2n) is 7.09. The van der Waals surface area contributed by atoms with Gasteiger partial charge in [-0.15, -0.1) is 11.3 Å². The first kappa shape index (κ1) is 19.1. The first-order chi connectivity index (χ1) is 12.9. The average Bonchev–Trinajstić information content (AvgIpc) is 2.97. The van der Waals surface area contributed by atoms with E-state index in [-0.39, 0.29) is 6.61 Å². The van der Waals surface area contributed by atoms with Crippen molar-refractivity contribution >= 4 is 28.2 Å². The molecule has 0 unspecified atom stereocenters. The maximum atomic E-state index is 12.2. The quantitative estimate of drug-likeness (QED) is 0.806. The van der Waals surface area contributed by atoms with E-state index in [1.807, 2.05) is 19.9 Å². The van der Waals surface area contributed by atoms with Crippen LogP contribution in [0.25, 0.3) is 0 Å². The zero-order valence-electron chi connectivity index (χ0n) is 15.7. The van der Waals surface area contributed by atoms with E-state index in [1.54, 1.807) is 12.1 Å². The first-order valence-corrected chi connectivity index (χ1v) is 9.79. The molecule has 1 aliphatic carbocycles. The Bertz CT molecular complexity index is 940. The number of hydrogen-bond donors (Lipinski definition) is 1. The van der Waals surface area contributed by atoms with Gasteiger partial charge in [-0.1, -0.05) is 13.0 Å². The number of ether oxygens (including phenoxy) is 1.